The Morgan fingerprint density at radius 2 is 1.71 bits per heavy atom. The van der Waals surface area contributed by atoms with E-state index in [2.05, 4.69) is 22.5 Å². The second kappa shape index (κ2) is 9.54. The van der Waals surface area contributed by atoms with Crippen LogP contribution in [0.1, 0.15) is 57.4 Å². The van der Waals surface area contributed by atoms with E-state index in [4.69, 9.17) is 0 Å². The quantitative estimate of drug-likeness (QED) is 0.664. The van der Waals surface area contributed by atoms with E-state index in [1.165, 1.54) is 6.42 Å². The summed E-state index contributed by atoms with van der Waals surface area (Å²) in [7, 11) is 0. The molecule has 164 valence electrons. The van der Waals surface area contributed by atoms with Gasteiger partial charge in [0.1, 0.15) is 0 Å². The number of amides is 3. The van der Waals surface area contributed by atoms with Crippen molar-refractivity contribution >= 4 is 17.6 Å². The van der Waals surface area contributed by atoms with Crippen LogP contribution in [0.15, 0.2) is 60.7 Å². The number of hydrogen-bond donors (Lipinski definition) is 2. The predicted molar refractivity (Wildman–Crippen MR) is 124 cm³/mol. The van der Waals surface area contributed by atoms with E-state index in [-0.39, 0.29) is 23.5 Å². The molecule has 5 nitrogen and oxygen atoms in total. The SMILES string of the molecule is CC[C@@H]1CCCC12CCC(CC(=O)NCc1ccccc1)N2C(=O)Nc1ccccc1. The van der Waals surface area contributed by atoms with Crippen molar-refractivity contribution in [2.75, 3.05) is 5.32 Å². The van der Waals surface area contributed by atoms with E-state index < -0.39 is 0 Å². The minimum Gasteiger partial charge on any atom is -0.352 e. The molecule has 1 heterocycles. The van der Waals surface area contributed by atoms with Gasteiger partial charge in [0.15, 0.2) is 0 Å². The number of benzene rings is 2. The first kappa shape index (κ1) is 21.4. The molecule has 4 rings (SSSR count). The summed E-state index contributed by atoms with van der Waals surface area (Å²) in [4.78, 5) is 28.3. The van der Waals surface area contributed by atoms with Crippen molar-refractivity contribution in [3.05, 3.63) is 66.2 Å². The van der Waals surface area contributed by atoms with Crippen LogP contribution in [0, 0.1) is 5.92 Å². The van der Waals surface area contributed by atoms with E-state index in [0.29, 0.717) is 18.9 Å². The summed E-state index contributed by atoms with van der Waals surface area (Å²) in [5.41, 5.74) is 1.77. The van der Waals surface area contributed by atoms with Crippen LogP contribution in [-0.4, -0.2) is 28.4 Å². The number of likely N-dealkylation sites (tertiary alicyclic amines) is 1. The van der Waals surface area contributed by atoms with Crippen molar-refractivity contribution in [1.29, 1.82) is 0 Å². The number of rotatable bonds is 6. The van der Waals surface area contributed by atoms with Crippen molar-refractivity contribution in [2.45, 2.75) is 70.0 Å². The maximum absolute atomic E-state index is 13.5. The molecular formula is C26H33N3O2. The van der Waals surface area contributed by atoms with Gasteiger partial charge in [0, 0.05) is 30.2 Å². The van der Waals surface area contributed by atoms with Gasteiger partial charge in [-0.3, -0.25) is 4.79 Å². The number of nitrogens with one attached hydrogen (secondary N) is 2. The highest BCUT2D eigenvalue weighted by Crippen LogP contribution is 2.51. The molecule has 3 amide bonds. The number of anilines is 1. The Balaban J connectivity index is 1.48. The summed E-state index contributed by atoms with van der Waals surface area (Å²) in [6, 6.07) is 19.4. The Bertz CT molecular complexity index is 886. The number of carbonyl (C=O) groups excluding carboxylic acids is 2. The molecule has 31 heavy (non-hydrogen) atoms. The number of hydrogen-bond acceptors (Lipinski definition) is 2. The molecule has 2 aromatic carbocycles. The van der Waals surface area contributed by atoms with Crippen molar-refractivity contribution in [2.24, 2.45) is 5.92 Å². The van der Waals surface area contributed by atoms with E-state index in [1.54, 1.807) is 0 Å². The van der Waals surface area contributed by atoms with Gasteiger partial charge < -0.3 is 15.5 Å². The minimum atomic E-state index is -0.113. The third kappa shape index (κ3) is 4.60. The normalized spacial score (nSPS) is 25.0. The standard InChI is InChI=1S/C26H33N3O2/c1-2-21-12-9-16-26(21)17-15-23(18-24(30)27-19-20-10-5-3-6-11-20)29(26)25(31)28-22-13-7-4-8-14-22/h3-8,10-11,13-14,21,23H,2,9,12,15-19H2,1H3,(H,27,30)(H,28,31)/t21-,23?,26?/m1/s1. The van der Waals surface area contributed by atoms with E-state index in [1.807, 2.05) is 60.7 Å². The zero-order valence-electron chi connectivity index (χ0n) is 18.3. The average Bonchev–Trinajstić information content (AvgIpc) is 3.37. The number of nitrogens with zero attached hydrogens (tertiary/aromatic N) is 1. The van der Waals surface area contributed by atoms with Gasteiger partial charge >= 0.3 is 6.03 Å². The molecular weight excluding hydrogens is 386 g/mol. The Morgan fingerprint density at radius 3 is 2.42 bits per heavy atom. The molecule has 1 aliphatic heterocycles. The first-order chi connectivity index (χ1) is 15.1. The third-order valence-electron chi connectivity index (χ3n) is 7.17. The summed E-state index contributed by atoms with van der Waals surface area (Å²) >= 11 is 0. The molecule has 5 heteroatoms. The first-order valence-electron chi connectivity index (χ1n) is 11.6. The number of para-hydroxylation sites is 1. The van der Waals surface area contributed by atoms with Gasteiger partial charge in [0.05, 0.1) is 0 Å². The number of carbonyl (C=O) groups is 2. The van der Waals surface area contributed by atoms with Gasteiger partial charge in [0.2, 0.25) is 5.91 Å². The summed E-state index contributed by atoms with van der Waals surface area (Å²) in [6.07, 6.45) is 6.66. The highest BCUT2D eigenvalue weighted by atomic mass is 16.2. The van der Waals surface area contributed by atoms with E-state index in [9.17, 15) is 9.59 Å². The Morgan fingerprint density at radius 1 is 1.00 bits per heavy atom. The molecule has 0 radical (unpaired) electrons. The first-order valence-corrected chi connectivity index (χ1v) is 11.6. The van der Waals surface area contributed by atoms with Gasteiger partial charge in [-0.05, 0) is 49.3 Å². The molecule has 3 atom stereocenters. The molecule has 0 aromatic heterocycles. The van der Waals surface area contributed by atoms with Crippen molar-refractivity contribution < 1.29 is 9.59 Å². The van der Waals surface area contributed by atoms with Crippen LogP contribution < -0.4 is 10.6 Å². The maximum Gasteiger partial charge on any atom is 0.322 e. The second-order valence-electron chi connectivity index (χ2n) is 8.93. The van der Waals surface area contributed by atoms with Crippen LogP contribution in [0.2, 0.25) is 0 Å². The fourth-order valence-electron chi connectivity index (χ4n) is 5.74. The topological polar surface area (TPSA) is 61.4 Å². The molecule has 2 aromatic rings. The van der Waals surface area contributed by atoms with Gasteiger partial charge in [-0.25, -0.2) is 4.79 Å². The summed E-state index contributed by atoms with van der Waals surface area (Å²) in [5, 5.41) is 6.14. The lowest BCUT2D eigenvalue weighted by molar-refractivity contribution is -0.122. The molecule has 2 N–H and O–H groups in total. The zero-order valence-corrected chi connectivity index (χ0v) is 18.3. The smallest absolute Gasteiger partial charge is 0.322 e. The van der Waals surface area contributed by atoms with Crippen LogP contribution in [-0.2, 0) is 11.3 Å². The van der Waals surface area contributed by atoms with Crippen LogP contribution in [0.4, 0.5) is 10.5 Å². The fraction of sp³-hybridized carbons (Fsp3) is 0.462. The van der Waals surface area contributed by atoms with Gasteiger partial charge in [-0.1, -0.05) is 68.3 Å². The molecule has 1 saturated carbocycles. The highest BCUT2D eigenvalue weighted by molar-refractivity contribution is 5.91. The van der Waals surface area contributed by atoms with E-state index in [0.717, 1.165) is 43.4 Å². The van der Waals surface area contributed by atoms with Gasteiger partial charge in [-0.15, -0.1) is 0 Å². The molecule has 0 bridgehead atoms. The van der Waals surface area contributed by atoms with Crippen molar-refractivity contribution in [1.82, 2.24) is 10.2 Å². The van der Waals surface area contributed by atoms with Gasteiger partial charge in [-0.2, -0.15) is 0 Å². The summed E-state index contributed by atoms with van der Waals surface area (Å²) in [6.45, 7) is 2.75. The lowest BCUT2D eigenvalue weighted by atomic mass is 9.83. The molecule has 1 aliphatic carbocycles. The predicted octanol–water partition coefficient (Wildman–Crippen LogP) is 5.34. The second-order valence-corrected chi connectivity index (χ2v) is 8.93. The van der Waals surface area contributed by atoms with Crippen molar-refractivity contribution in [3.8, 4) is 0 Å². The average molecular weight is 420 g/mol. The maximum atomic E-state index is 13.5. The fourth-order valence-corrected chi connectivity index (χ4v) is 5.74. The lowest BCUT2D eigenvalue weighted by Gasteiger charge is -2.42. The molecule has 1 saturated heterocycles. The lowest BCUT2D eigenvalue weighted by Crippen LogP contribution is -2.55. The largest absolute Gasteiger partial charge is 0.352 e. The highest BCUT2D eigenvalue weighted by Gasteiger charge is 2.54. The molecule has 1 spiro atoms. The Labute approximate surface area is 185 Å². The minimum absolute atomic E-state index is 0.00876. The number of urea groups is 1. The molecule has 2 unspecified atom stereocenters. The van der Waals surface area contributed by atoms with Crippen LogP contribution >= 0.6 is 0 Å². The zero-order chi connectivity index (χ0) is 21.7. The van der Waals surface area contributed by atoms with Gasteiger partial charge in [0.25, 0.3) is 0 Å². The molecule has 2 fully saturated rings. The van der Waals surface area contributed by atoms with Crippen LogP contribution in [0.5, 0.6) is 0 Å². The van der Waals surface area contributed by atoms with Crippen molar-refractivity contribution in [3.63, 3.8) is 0 Å². The third-order valence-corrected chi connectivity index (χ3v) is 7.17. The summed E-state index contributed by atoms with van der Waals surface area (Å²) in [5.74, 6) is 0.515. The van der Waals surface area contributed by atoms with Crippen LogP contribution in [0.25, 0.3) is 0 Å². The van der Waals surface area contributed by atoms with Crippen LogP contribution in [0.3, 0.4) is 0 Å². The Kier molecular flexibility index (Phi) is 6.59. The Hall–Kier alpha value is -2.82. The summed E-state index contributed by atoms with van der Waals surface area (Å²) < 4.78 is 0. The van der Waals surface area contributed by atoms with E-state index >= 15 is 0 Å². The monoisotopic (exact) mass is 419 g/mol. The molecule has 2 aliphatic rings.